The maximum absolute atomic E-state index is 13.6. The maximum atomic E-state index is 13.6. The number of thioether (sulfide) groups is 2. The van der Waals surface area contributed by atoms with E-state index in [0.29, 0.717) is 10.7 Å². The predicted molar refractivity (Wildman–Crippen MR) is 147 cm³/mol. The molecule has 0 radical (unpaired) electrons. The summed E-state index contributed by atoms with van der Waals surface area (Å²) in [4.78, 5) is 63.0. The number of non-ortho nitro benzene ring substituents is 1. The number of nitro groups is 1. The minimum absolute atomic E-state index is 0.0129. The first-order valence-electron chi connectivity index (χ1n) is 12.4. The van der Waals surface area contributed by atoms with Gasteiger partial charge in [-0.2, -0.15) is 0 Å². The third-order valence-electron chi connectivity index (χ3n) is 6.84. The number of hydrogen-bond acceptors (Lipinski definition) is 12. The van der Waals surface area contributed by atoms with E-state index in [1.54, 1.807) is 7.05 Å². The molecule has 2 aromatic carbocycles. The first-order chi connectivity index (χ1) is 20.1. The molecule has 5 rings (SSSR count). The monoisotopic (exact) mass is 613 g/mol. The van der Waals surface area contributed by atoms with E-state index in [9.17, 15) is 34.4 Å². The van der Waals surface area contributed by atoms with Crippen molar-refractivity contribution in [3.8, 4) is 0 Å². The molecule has 42 heavy (non-hydrogen) atoms. The lowest BCUT2D eigenvalue weighted by Crippen LogP contribution is -2.74. The number of ether oxygens (including phenoxy) is 1. The van der Waals surface area contributed by atoms with Gasteiger partial charge in [0.25, 0.3) is 11.6 Å². The first kappa shape index (κ1) is 29.0. The largest absolute Gasteiger partial charge is 0.478 e. The number of hydrogen-bond donors (Lipinski definition) is 2. The van der Waals surface area contributed by atoms with E-state index < -0.39 is 45.5 Å². The zero-order valence-corrected chi connectivity index (χ0v) is 23.5. The van der Waals surface area contributed by atoms with E-state index in [0.717, 1.165) is 0 Å². The molecule has 2 fully saturated rings. The summed E-state index contributed by atoms with van der Waals surface area (Å²) in [6.45, 7) is -0.114. The molecule has 0 saturated carbocycles. The van der Waals surface area contributed by atoms with Crippen LogP contribution in [0.2, 0.25) is 0 Å². The van der Waals surface area contributed by atoms with Crippen LogP contribution in [0.3, 0.4) is 0 Å². The number of aromatic carboxylic acids is 1. The fourth-order valence-corrected chi connectivity index (χ4v) is 7.25. The molecule has 17 heteroatoms. The SMILES string of the molecule is Cn1nnnc1SCC1(C(=O)OCc2ccc([N+](=O)[O-])cc2)CS[C@@H]2C(NC(=O)c3ccccc3C(=O)O)C(=O)N2C1. The Bertz CT molecular complexity index is 1570. The van der Waals surface area contributed by atoms with Gasteiger partial charge in [-0.3, -0.25) is 24.5 Å². The zero-order chi connectivity index (χ0) is 30.0. The van der Waals surface area contributed by atoms with Crippen molar-refractivity contribution in [3.05, 3.63) is 75.3 Å². The van der Waals surface area contributed by atoms with Crippen LogP contribution in [0, 0.1) is 15.5 Å². The number of aromatic nitrogens is 4. The highest BCUT2D eigenvalue weighted by Crippen LogP contribution is 2.45. The summed E-state index contributed by atoms with van der Waals surface area (Å²) in [5.41, 5.74) is -0.927. The number of nitrogens with zero attached hydrogens (tertiary/aromatic N) is 6. The molecule has 0 spiro atoms. The number of amides is 2. The molecule has 3 atom stereocenters. The molecule has 3 aromatic rings. The summed E-state index contributed by atoms with van der Waals surface area (Å²) < 4.78 is 7.09. The number of esters is 1. The van der Waals surface area contributed by atoms with Gasteiger partial charge in [-0.15, -0.1) is 16.9 Å². The summed E-state index contributed by atoms with van der Waals surface area (Å²) in [7, 11) is 1.66. The Kier molecular flexibility index (Phi) is 8.13. The molecular weight excluding hydrogens is 590 g/mol. The summed E-state index contributed by atoms with van der Waals surface area (Å²) in [6.07, 6.45) is 0. The van der Waals surface area contributed by atoms with E-state index >= 15 is 0 Å². The third-order valence-corrected chi connectivity index (χ3v) is 9.73. The normalized spacial score (nSPS) is 21.2. The molecule has 0 aliphatic carbocycles. The molecule has 3 heterocycles. The standard InChI is InChI=1S/C25H23N7O8S2/c1-30-24(27-28-29-30)42-13-25(23(37)40-10-14-6-8-15(9-7-14)32(38)39)11-31-20(34)18(21(31)41-12-25)26-19(33)16-4-2-3-5-17(16)22(35)36/h2-9,18,21H,10-13H2,1H3,(H,26,33)(H,35,36)/t18?,21-,25?/m1/s1. The second-order valence-electron chi connectivity index (χ2n) is 9.62. The summed E-state index contributed by atoms with van der Waals surface area (Å²) >= 11 is 2.53. The number of carboxylic acids is 1. The summed E-state index contributed by atoms with van der Waals surface area (Å²) in [5.74, 6) is -2.49. The molecule has 15 nitrogen and oxygen atoms in total. The highest BCUT2D eigenvalue weighted by atomic mass is 32.2. The van der Waals surface area contributed by atoms with Crippen LogP contribution in [0.4, 0.5) is 5.69 Å². The van der Waals surface area contributed by atoms with Crippen LogP contribution >= 0.6 is 23.5 Å². The Balaban J connectivity index is 1.29. The van der Waals surface area contributed by atoms with Crippen LogP contribution in [0.25, 0.3) is 0 Å². The molecule has 2 unspecified atom stereocenters. The third kappa shape index (κ3) is 5.64. The van der Waals surface area contributed by atoms with Crippen molar-refractivity contribution in [3.63, 3.8) is 0 Å². The van der Waals surface area contributed by atoms with Crippen LogP contribution in [0.1, 0.15) is 26.3 Å². The highest BCUT2D eigenvalue weighted by Gasteiger charge is 2.58. The van der Waals surface area contributed by atoms with Crippen molar-refractivity contribution in [2.75, 3.05) is 18.1 Å². The number of nitro benzene ring substituents is 1. The van der Waals surface area contributed by atoms with Gasteiger partial charge >= 0.3 is 11.9 Å². The average Bonchev–Trinajstić information content (AvgIpc) is 3.41. The van der Waals surface area contributed by atoms with E-state index in [1.165, 1.54) is 81.6 Å². The van der Waals surface area contributed by atoms with Crippen molar-refractivity contribution in [2.24, 2.45) is 12.5 Å². The molecule has 1 aromatic heterocycles. The number of aryl methyl sites for hydroxylation is 1. The minimum Gasteiger partial charge on any atom is -0.478 e. The molecule has 2 aliphatic rings. The number of rotatable bonds is 10. The maximum Gasteiger partial charge on any atom is 0.336 e. The van der Waals surface area contributed by atoms with Crippen molar-refractivity contribution in [1.29, 1.82) is 0 Å². The summed E-state index contributed by atoms with van der Waals surface area (Å²) in [6, 6.07) is 10.5. The van der Waals surface area contributed by atoms with Crippen LogP contribution in [-0.4, -0.2) is 88.4 Å². The van der Waals surface area contributed by atoms with Gasteiger partial charge in [0.15, 0.2) is 0 Å². The van der Waals surface area contributed by atoms with Crippen LogP contribution < -0.4 is 5.32 Å². The van der Waals surface area contributed by atoms with Crippen LogP contribution in [0.15, 0.2) is 53.7 Å². The quantitative estimate of drug-likeness (QED) is 0.109. The lowest BCUT2D eigenvalue weighted by atomic mass is 9.89. The van der Waals surface area contributed by atoms with Crippen molar-refractivity contribution in [1.82, 2.24) is 30.4 Å². The van der Waals surface area contributed by atoms with E-state index in [2.05, 4.69) is 20.8 Å². The Hall–Kier alpha value is -4.51. The van der Waals surface area contributed by atoms with Crippen molar-refractivity contribution in [2.45, 2.75) is 23.2 Å². The number of nitrogens with one attached hydrogen (secondary N) is 1. The van der Waals surface area contributed by atoms with Gasteiger partial charge < -0.3 is 20.1 Å². The van der Waals surface area contributed by atoms with Crippen LogP contribution in [-0.2, 0) is 28.0 Å². The lowest BCUT2D eigenvalue weighted by molar-refractivity contribution is -0.384. The number of carbonyl (C=O) groups is 4. The topological polar surface area (TPSA) is 200 Å². The van der Waals surface area contributed by atoms with Gasteiger partial charge in [-0.25, -0.2) is 9.48 Å². The predicted octanol–water partition coefficient (Wildman–Crippen LogP) is 1.35. The fourth-order valence-electron chi connectivity index (χ4n) is 4.55. The Morgan fingerprint density at radius 3 is 2.57 bits per heavy atom. The van der Waals surface area contributed by atoms with Gasteiger partial charge in [0.2, 0.25) is 11.1 Å². The van der Waals surface area contributed by atoms with Crippen LogP contribution in [0.5, 0.6) is 0 Å². The van der Waals surface area contributed by atoms with Gasteiger partial charge in [0, 0.05) is 37.2 Å². The highest BCUT2D eigenvalue weighted by molar-refractivity contribution is 8.00. The molecule has 2 saturated heterocycles. The zero-order valence-electron chi connectivity index (χ0n) is 21.9. The Morgan fingerprint density at radius 2 is 1.93 bits per heavy atom. The van der Waals surface area contributed by atoms with Crippen molar-refractivity contribution < 1.29 is 33.9 Å². The second-order valence-corrected chi connectivity index (χ2v) is 11.7. The first-order valence-corrected chi connectivity index (χ1v) is 14.4. The summed E-state index contributed by atoms with van der Waals surface area (Å²) in [5, 5.41) is 34.3. The molecule has 2 amide bonds. The average molecular weight is 614 g/mol. The Morgan fingerprint density at radius 1 is 1.21 bits per heavy atom. The van der Waals surface area contributed by atoms with Gasteiger partial charge in [-0.05, 0) is 40.3 Å². The smallest absolute Gasteiger partial charge is 0.336 e. The molecule has 2 aliphatic heterocycles. The van der Waals surface area contributed by atoms with Gasteiger partial charge in [-0.1, -0.05) is 23.9 Å². The molecule has 218 valence electrons. The Labute approximate surface area is 246 Å². The number of benzene rings is 2. The molecule has 0 bridgehead atoms. The number of carbonyl (C=O) groups excluding carboxylic acids is 3. The number of β-lactam (4-membered cyclic amide) rings is 1. The number of fused-ring (bicyclic) bond motifs is 1. The lowest BCUT2D eigenvalue weighted by Gasteiger charge is -2.54. The van der Waals surface area contributed by atoms with E-state index in [-0.39, 0.29) is 41.5 Å². The second kappa shape index (κ2) is 11.8. The van der Waals surface area contributed by atoms with Gasteiger partial charge in [0.05, 0.1) is 16.1 Å². The van der Waals surface area contributed by atoms with E-state index in [1.807, 2.05) is 0 Å². The molecule has 2 N–H and O–H groups in total. The molecular formula is C25H23N7O8S2. The van der Waals surface area contributed by atoms with Gasteiger partial charge in [0.1, 0.15) is 23.4 Å². The minimum atomic E-state index is -1.26. The van der Waals surface area contributed by atoms with Crippen molar-refractivity contribution >= 4 is 53.0 Å². The fraction of sp³-hybridized carbons (Fsp3) is 0.320. The number of carboxylic acid groups (broad SMARTS) is 1. The number of tetrazole rings is 1. The van der Waals surface area contributed by atoms with E-state index in [4.69, 9.17) is 4.74 Å².